The van der Waals surface area contributed by atoms with Crippen LogP contribution in [-0.4, -0.2) is 65.8 Å². The molecule has 1 aliphatic rings. The molecule has 1 amide bonds. The summed E-state index contributed by atoms with van der Waals surface area (Å²) in [5, 5.41) is 8.79. The Morgan fingerprint density at radius 2 is 1.85 bits per heavy atom. The van der Waals surface area contributed by atoms with Crippen LogP contribution in [0.2, 0.25) is 0 Å². The SMILES string of the molecule is CC(=O)N1CCN(S(=O)(=O)c2c[nH]c(C(=O)O)c2)CC1. The summed E-state index contributed by atoms with van der Waals surface area (Å²) in [5.74, 6) is -1.30. The van der Waals surface area contributed by atoms with Gasteiger partial charge in [-0.15, -0.1) is 0 Å². The third kappa shape index (κ3) is 2.68. The molecule has 20 heavy (non-hydrogen) atoms. The van der Waals surface area contributed by atoms with Crippen LogP contribution in [0.5, 0.6) is 0 Å². The van der Waals surface area contributed by atoms with Crippen LogP contribution in [0.3, 0.4) is 0 Å². The van der Waals surface area contributed by atoms with Gasteiger partial charge in [-0.1, -0.05) is 0 Å². The van der Waals surface area contributed by atoms with Crippen molar-refractivity contribution in [3.63, 3.8) is 0 Å². The Balaban J connectivity index is 2.15. The fraction of sp³-hybridized carbons (Fsp3) is 0.455. The molecule has 0 unspecified atom stereocenters. The Hall–Kier alpha value is -1.87. The summed E-state index contributed by atoms with van der Waals surface area (Å²) in [7, 11) is -3.72. The van der Waals surface area contributed by atoms with Gasteiger partial charge in [-0.05, 0) is 6.07 Å². The second-order valence-corrected chi connectivity index (χ2v) is 6.40. The lowest BCUT2D eigenvalue weighted by Crippen LogP contribution is -2.49. The fourth-order valence-electron chi connectivity index (χ4n) is 2.04. The molecule has 1 fully saturated rings. The Labute approximate surface area is 116 Å². The Bertz CT molecular complexity index is 628. The molecule has 1 aliphatic heterocycles. The zero-order valence-electron chi connectivity index (χ0n) is 10.9. The molecule has 0 saturated carbocycles. The predicted octanol–water partition coefficient (Wildman–Crippen LogP) is -0.434. The van der Waals surface area contributed by atoms with Crippen LogP contribution < -0.4 is 0 Å². The minimum absolute atomic E-state index is 0.0776. The van der Waals surface area contributed by atoms with Crippen LogP contribution in [0.4, 0.5) is 0 Å². The Kier molecular flexibility index (Phi) is 3.82. The number of hydrogen-bond donors (Lipinski definition) is 2. The maximum atomic E-state index is 12.3. The number of nitrogens with one attached hydrogen (secondary N) is 1. The van der Waals surface area contributed by atoms with Gasteiger partial charge in [-0.25, -0.2) is 13.2 Å². The Morgan fingerprint density at radius 1 is 1.25 bits per heavy atom. The standard InChI is InChI=1S/C11H15N3O5S/c1-8(15)13-2-4-14(5-3-13)20(18,19)9-6-10(11(16)17)12-7-9/h6-7,12H,2-5H2,1H3,(H,16,17). The third-order valence-electron chi connectivity index (χ3n) is 3.21. The van der Waals surface area contributed by atoms with E-state index in [1.807, 2.05) is 0 Å². The van der Waals surface area contributed by atoms with Crippen molar-refractivity contribution >= 4 is 21.9 Å². The van der Waals surface area contributed by atoms with Gasteiger partial charge in [0.15, 0.2) is 0 Å². The van der Waals surface area contributed by atoms with Crippen LogP contribution in [0.1, 0.15) is 17.4 Å². The summed E-state index contributed by atoms with van der Waals surface area (Å²) in [5.41, 5.74) is -0.175. The molecule has 0 bridgehead atoms. The normalized spacial score (nSPS) is 17.1. The molecule has 2 N–H and O–H groups in total. The van der Waals surface area contributed by atoms with E-state index in [4.69, 9.17) is 5.11 Å². The third-order valence-corrected chi connectivity index (χ3v) is 5.09. The number of H-pyrrole nitrogens is 1. The second kappa shape index (κ2) is 5.25. The van der Waals surface area contributed by atoms with Crippen molar-refractivity contribution in [1.29, 1.82) is 0 Å². The number of aromatic carboxylic acids is 1. The quantitative estimate of drug-likeness (QED) is 0.786. The predicted molar refractivity (Wildman–Crippen MR) is 68.8 cm³/mol. The summed E-state index contributed by atoms with van der Waals surface area (Å²) in [6.07, 6.45) is 1.16. The number of aromatic amines is 1. The summed E-state index contributed by atoms with van der Waals surface area (Å²) >= 11 is 0. The lowest BCUT2D eigenvalue weighted by atomic mass is 10.3. The van der Waals surface area contributed by atoms with Gasteiger partial charge in [0.1, 0.15) is 10.6 Å². The average Bonchev–Trinajstić information content (AvgIpc) is 2.89. The van der Waals surface area contributed by atoms with Crippen molar-refractivity contribution in [2.24, 2.45) is 0 Å². The van der Waals surface area contributed by atoms with Crippen LogP contribution in [0, 0.1) is 0 Å². The molecule has 1 aromatic rings. The van der Waals surface area contributed by atoms with Gasteiger partial charge in [0, 0.05) is 39.3 Å². The molecule has 9 heteroatoms. The van der Waals surface area contributed by atoms with Crippen molar-refractivity contribution in [3.05, 3.63) is 18.0 Å². The molecule has 0 radical (unpaired) electrons. The summed E-state index contributed by atoms with van der Waals surface area (Å²) in [6, 6.07) is 1.09. The van der Waals surface area contributed by atoms with Gasteiger partial charge in [0.05, 0.1) is 0 Å². The molecule has 8 nitrogen and oxygen atoms in total. The summed E-state index contributed by atoms with van der Waals surface area (Å²) in [4.78, 5) is 25.8. The molecular formula is C11H15N3O5S. The van der Waals surface area contributed by atoms with Gasteiger partial charge >= 0.3 is 5.97 Å². The van der Waals surface area contributed by atoms with E-state index in [9.17, 15) is 18.0 Å². The molecule has 110 valence electrons. The minimum Gasteiger partial charge on any atom is -0.477 e. The number of hydrogen-bond acceptors (Lipinski definition) is 4. The van der Waals surface area contributed by atoms with Crippen LogP contribution in [0.15, 0.2) is 17.2 Å². The van der Waals surface area contributed by atoms with Gasteiger partial charge < -0.3 is 15.0 Å². The highest BCUT2D eigenvalue weighted by molar-refractivity contribution is 7.89. The number of piperazine rings is 1. The van der Waals surface area contributed by atoms with Crippen LogP contribution >= 0.6 is 0 Å². The van der Waals surface area contributed by atoms with E-state index in [0.29, 0.717) is 13.1 Å². The highest BCUT2D eigenvalue weighted by Crippen LogP contribution is 2.18. The molecule has 0 aliphatic carbocycles. The Morgan fingerprint density at radius 3 is 2.30 bits per heavy atom. The molecule has 0 spiro atoms. The van der Waals surface area contributed by atoms with E-state index in [2.05, 4.69) is 4.98 Å². The molecule has 2 heterocycles. The highest BCUT2D eigenvalue weighted by atomic mass is 32.2. The number of nitrogens with zero attached hydrogens (tertiary/aromatic N) is 2. The van der Waals surface area contributed by atoms with E-state index < -0.39 is 16.0 Å². The first-order valence-corrected chi connectivity index (χ1v) is 7.44. The first kappa shape index (κ1) is 14.5. The van der Waals surface area contributed by atoms with E-state index in [0.717, 1.165) is 12.3 Å². The maximum absolute atomic E-state index is 12.3. The number of rotatable bonds is 3. The first-order chi connectivity index (χ1) is 9.32. The first-order valence-electron chi connectivity index (χ1n) is 6.00. The van der Waals surface area contributed by atoms with Crippen molar-refractivity contribution in [3.8, 4) is 0 Å². The van der Waals surface area contributed by atoms with Crippen LogP contribution in [-0.2, 0) is 14.8 Å². The van der Waals surface area contributed by atoms with Gasteiger partial charge in [-0.2, -0.15) is 4.31 Å². The van der Waals surface area contributed by atoms with Gasteiger partial charge in [-0.3, -0.25) is 4.79 Å². The maximum Gasteiger partial charge on any atom is 0.352 e. The van der Waals surface area contributed by atoms with Crippen molar-refractivity contribution in [2.75, 3.05) is 26.2 Å². The lowest BCUT2D eigenvalue weighted by Gasteiger charge is -2.33. The number of aromatic nitrogens is 1. The van der Waals surface area contributed by atoms with Crippen molar-refractivity contribution in [1.82, 2.24) is 14.2 Å². The molecule has 0 atom stereocenters. The monoisotopic (exact) mass is 301 g/mol. The molecular weight excluding hydrogens is 286 g/mol. The average molecular weight is 301 g/mol. The van der Waals surface area contributed by atoms with E-state index in [1.54, 1.807) is 4.90 Å². The fourth-order valence-corrected chi connectivity index (χ4v) is 3.46. The number of sulfonamides is 1. The molecule has 1 saturated heterocycles. The summed E-state index contributed by atoms with van der Waals surface area (Å²) < 4.78 is 25.9. The highest BCUT2D eigenvalue weighted by Gasteiger charge is 2.30. The van der Waals surface area contributed by atoms with Gasteiger partial charge in [0.25, 0.3) is 0 Å². The topological polar surface area (TPSA) is 111 Å². The summed E-state index contributed by atoms with van der Waals surface area (Å²) in [6.45, 7) is 2.52. The van der Waals surface area contributed by atoms with Crippen LogP contribution in [0.25, 0.3) is 0 Å². The van der Waals surface area contributed by atoms with Crippen molar-refractivity contribution < 1.29 is 23.1 Å². The smallest absolute Gasteiger partial charge is 0.352 e. The second-order valence-electron chi connectivity index (χ2n) is 4.46. The number of carboxylic acid groups (broad SMARTS) is 1. The van der Waals surface area contributed by atoms with Crippen molar-refractivity contribution in [2.45, 2.75) is 11.8 Å². The van der Waals surface area contributed by atoms with E-state index >= 15 is 0 Å². The zero-order chi connectivity index (χ0) is 14.9. The molecule has 0 aromatic carbocycles. The van der Waals surface area contributed by atoms with Gasteiger partial charge in [0.2, 0.25) is 15.9 Å². The number of carbonyl (C=O) groups excluding carboxylic acids is 1. The zero-order valence-corrected chi connectivity index (χ0v) is 11.7. The molecule has 2 rings (SSSR count). The minimum atomic E-state index is -3.72. The molecule has 1 aromatic heterocycles. The number of amides is 1. The lowest BCUT2D eigenvalue weighted by molar-refractivity contribution is -0.129. The largest absolute Gasteiger partial charge is 0.477 e. The van der Waals surface area contributed by atoms with E-state index in [1.165, 1.54) is 11.2 Å². The van der Waals surface area contributed by atoms with E-state index in [-0.39, 0.29) is 29.6 Å². The number of carbonyl (C=O) groups is 2. The number of carboxylic acids is 1.